The molecule has 9 heteroatoms. The molecule has 84 valence electrons. The van der Waals surface area contributed by atoms with Gasteiger partial charge in [0.1, 0.15) is 6.54 Å². The Bertz CT molecular complexity index is 351. The van der Waals surface area contributed by atoms with Gasteiger partial charge in [-0.15, -0.1) is 0 Å². The molecule has 0 saturated carbocycles. The third-order valence-electron chi connectivity index (χ3n) is 1.63. The summed E-state index contributed by atoms with van der Waals surface area (Å²) in [5.74, 6) is -0.465. The van der Waals surface area contributed by atoms with E-state index >= 15 is 0 Å². The Kier molecular flexibility index (Phi) is 4.12. The maximum absolute atomic E-state index is 10.4. The van der Waals surface area contributed by atoms with E-state index in [9.17, 15) is 10.1 Å². The van der Waals surface area contributed by atoms with Crippen LogP contribution in [-0.2, 0) is 16.0 Å². The Hall–Kier alpha value is -1.06. The van der Waals surface area contributed by atoms with E-state index in [1.54, 1.807) is 0 Å². The van der Waals surface area contributed by atoms with Crippen LogP contribution in [0, 0.1) is 10.1 Å². The van der Waals surface area contributed by atoms with Gasteiger partial charge >= 0.3 is 5.95 Å². The Labute approximate surface area is 93.5 Å². The lowest BCUT2D eigenvalue weighted by atomic mass is 10.6. The molecule has 8 nitrogen and oxygen atoms in total. The van der Waals surface area contributed by atoms with E-state index in [0.717, 1.165) is 0 Å². The summed E-state index contributed by atoms with van der Waals surface area (Å²) in [6, 6.07) is 0. The second-order valence-corrected chi connectivity index (χ2v) is 3.23. The highest BCUT2D eigenvalue weighted by atomic mass is 79.9. The Morgan fingerprint density at radius 1 is 1.60 bits per heavy atom. The van der Waals surface area contributed by atoms with Crippen LogP contribution in [0.5, 0.6) is 0 Å². The van der Waals surface area contributed by atoms with E-state index in [0.29, 0.717) is 0 Å². The zero-order chi connectivity index (χ0) is 11.4. The van der Waals surface area contributed by atoms with Crippen molar-refractivity contribution in [2.24, 2.45) is 0 Å². The van der Waals surface area contributed by atoms with Gasteiger partial charge in [0.25, 0.3) is 4.73 Å². The number of hydrogen-bond acceptors (Lipinski definition) is 6. The van der Waals surface area contributed by atoms with E-state index in [1.807, 2.05) is 0 Å². The summed E-state index contributed by atoms with van der Waals surface area (Å²) < 4.78 is 11.4. The van der Waals surface area contributed by atoms with Crippen molar-refractivity contribution in [1.82, 2.24) is 14.8 Å². The fraction of sp³-hybridized carbons (Fsp3) is 0.667. The molecule has 0 radical (unpaired) electrons. The molecule has 0 fully saturated rings. The van der Waals surface area contributed by atoms with Crippen LogP contribution in [0.25, 0.3) is 0 Å². The number of methoxy groups -OCH3 is 2. The largest absolute Gasteiger partial charge is 0.492 e. The molecule has 1 rings (SSSR count). The lowest BCUT2D eigenvalue weighted by Crippen LogP contribution is -2.21. The summed E-state index contributed by atoms with van der Waals surface area (Å²) in [7, 11) is 2.93. The van der Waals surface area contributed by atoms with Crippen molar-refractivity contribution < 1.29 is 14.4 Å². The van der Waals surface area contributed by atoms with Gasteiger partial charge in [-0.25, -0.2) is 0 Å². The van der Waals surface area contributed by atoms with Gasteiger partial charge < -0.3 is 19.6 Å². The van der Waals surface area contributed by atoms with Gasteiger partial charge in [-0.2, -0.15) is 4.68 Å². The third-order valence-corrected chi connectivity index (χ3v) is 2.21. The molecule has 0 saturated heterocycles. The number of nitro groups is 1. The Balaban J connectivity index is 2.81. The summed E-state index contributed by atoms with van der Waals surface area (Å²) >= 11 is 3.05. The van der Waals surface area contributed by atoms with Crippen molar-refractivity contribution in [3.63, 3.8) is 0 Å². The van der Waals surface area contributed by atoms with Gasteiger partial charge in [0.15, 0.2) is 6.29 Å². The summed E-state index contributed by atoms with van der Waals surface area (Å²) in [6.45, 7) is 0.217. The van der Waals surface area contributed by atoms with E-state index in [-0.39, 0.29) is 11.3 Å². The number of aromatic nitrogens is 3. The molecule has 1 heterocycles. The molecule has 0 amide bonds. The second-order valence-electron chi connectivity index (χ2n) is 2.52. The maximum atomic E-state index is 10.4. The predicted octanol–water partition coefficient (Wildman–Crippen LogP) is 0.568. The topological polar surface area (TPSA) is 92.3 Å². The van der Waals surface area contributed by atoms with Crippen LogP contribution in [0.3, 0.4) is 0 Å². The molecule has 15 heavy (non-hydrogen) atoms. The summed E-state index contributed by atoms with van der Waals surface area (Å²) in [6.07, 6.45) is -0.525. The maximum Gasteiger partial charge on any atom is 0.492 e. The van der Waals surface area contributed by atoms with Crippen molar-refractivity contribution in [3.05, 3.63) is 14.8 Å². The molecule has 0 unspecified atom stereocenters. The molecule has 0 bridgehead atoms. The van der Waals surface area contributed by atoms with Gasteiger partial charge in [0.05, 0.1) is 0 Å². The first-order chi connectivity index (χ1) is 7.08. The number of ether oxygens (including phenoxy) is 2. The molecular weight excluding hydrogens is 272 g/mol. The van der Waals surface area contributed by atoms with Gasteiger partial charge in [-0.1, -0.05) is 0 Å². The van der Waals surface area contributed by atoms with E-state index in [1.165, 1.54) is 18.9 Å². The van der Waals surface area contributed by atoms with Crippen LogP contribution in [-0.4, -0.2) is 40.2 Å². The molecule has 1 aromatic rings. The second kappa shape index (κ2) is 5.14. The molecule has 0 spiro atoms. The van der Waals surface area contributed by atoms with Crippen LogP contribution in [0.1, 0.15) is 0 Å². The molecular formula is C6H9BrN4O4. The van der Waals surface area contributed by atoms with Crippen molar-refractivity contribution in [2.75, 3.05) is 14.2 Å². The van der Waals surface area contributed by atoms with Crippen molar-refractivity contribution in [1.29, 1.82) is 0 Å². The minimum Gasteiger partial charge on any atom is -0.390 e. The lowest BCUT2D eigenvalue weighted by molar-refractivity contribution is -0.394. The Morgan fingerprint density at radius 3 is 2.60 bits per heavy atom. The van der Waals surface area contributed by atoms with E-state index in [2.05, 4.69) is 26.0 Å². The van der Waals surface area contributed by atoms with Gasteiger partial charge in [-0.05, 0) is 9.91 Å². The molecule has 0 aliphatic rings. The lowest BCUT2D eigenvalue weighted by Gasteiger charge is -2.10. The van der Waals surface area contributed by atoms with Crippen LogP contribution < -0.4 is 0 Å². The zero-order valence-electron chi connectivity index (χ0n) is 8.08. The minimum atomic E-state index is -0.671. The van der Waals surface area contributed by atoms with Gasteiger partial charge in [0, 0.05) is 35.2 Å². The van der Waals surface area contributed by atoms with Crippen LogP contribution in [0.2, 0.25) is 0 Å². The van der Waals surface area contributed by atoms with Crippen molar-refractivity contribution in [3.8, 4) is 0 Å². The van der Waals surface area contributed by atoms with E-state index in [4.69, 9.17) is 9.47 Å². The van der Waals surface area contributed by atoms with Gasteiger partial charge in [0.2, 0.25) is 0 Å². The highest BCUT2D eigenvalue weighted by Gasteiger charge is 2.21. The highest BCUT2D eigenvalue weighted by Crippen LogP contribution is 2.13. The molecule has 0 N–H and O–H groups in total. The van der Waals surface area contributed by atoms with E-state index < -0.39 is 17.2 Å². The number of halogens is 1. The summed E-state index contributed by atoms with van der Waals surface area (Å²) in [5, 5.41) is 14.0. The average molecular weight is 281 g/mol. The first-order valence-corrected chi connectivity index (χ1v) is 4.68. The van der Waals surface area contributed by atoms with Gasteiger partial charge in [-0.3, -0.25) is 0 Å². The van der Waals surface area contributed by atoms with Crippen molar-refractivity contribution in [2.45, 2.75) is 12.8 Å². The first-order valence-electron chi connectivity index (χ1n) is 3.88. The highest BCUT2D eigenvalue weighted by molar-refractivity contribution is 9.10. The number of nitrogens with zero attached hydrogens (tertiary/aromatic N) is 4. The van der Waals surface area contributed by atoms with Crippen LogP contribution >= 0.6 is 15.9 Å². The standard InChI is InChI=1S/C6H9BrN4O4/c1-14-4(15-2)3-10-5(7)8-6(9-10)11(12)13/h4H,3H2,1-2H3. The minimum absolute atomic E-state index is 0.217. The quantitative estimate of drug-likeness (QED) is 0.445. The fourth-order valence-corrected chi connectivity index (χ4v) is 1.27. The SMILES string of the molecule is COC(Cn1nc([N+](=O)[O-])nc1Br)OC. The molecule has 0 aliphatic heterocycles. The van der Waals surface area contributed by atoms with Crippen LogP contribution in [0.4, 0.5) is 5.95 Å². The molecule has 1 aromatic heterocycles. The normalized spacial score (nSPS) is 10.9. The number of rotatable bonds is 5. The van der Waals surface area contributed by atoms with Crippen LogP contribution in [0.15, 0.2) is 4.73 Å². The summed E-state index contributed by atoms with van der Waals surface area (Å²) in [5.41, 5.74) is 0. The Morgan fingerprint density at radius 2 is 2.20 bits per heavy atom. The first kappa shape index (κ1) is 12.0. The number of hydrogen-bond donors (Lipinski definition) is 0. The fourth-order valence-electron chi connectivity index (χ4n) is 0.892. The third kappa shape index (κ3) is 2.94. The smallest absolute Gasteiger partial charge is 0.390 e. The average Bonchev–Trinajstić information content (AvgIpc) is 2.56. The zero-order valence-corrected chi connectivity index (χ0v) is 9.67. The molecule has 0 aliphatic carbocycles. The predicted molar refractivity (Wildman–Crippen MR) is 52.2 cm³/mol. The monoisotopic (exact) mass is 280 g/mol. The summed E-state index contributed by atoms with van der Waals surface area (Å²) in [4.78, 5) is 13.3. The van der Waals surface area contributed by atoms with Crippen molar-refractivity contribution >= 4 is 21.9 Å². The molecule has 0 atom stereocenters. The molecule has 0 aromatic carbocycles.